The van der Waals surface area contributed by atoms with Gasteiger partial charge in [0.25, 0.3) is 0 Å². The number of carbonyl (C=O) groups excluding carboxylic acids is 2. The number of aliphatic carboxylic acids is 1. The fraction of sp³-hybridized carbons (Fsp3) is 0.423. The van der Waals surface area contributed by atoms with Crippen molar-refractivity contribution in [2.24, 2.45) is 5.92 Å². The van der Waals surface area contributed by atoms with Crippen LogP contribution >= 0.6 is 0 Å². The third-order valence-electron chi connectivity index (χ3n) is 6.74. The number of methoxy groups -OCH3 is 1. The summed E-state index contributed by atoms with van der Waals surface area (Å²) < 4.78 is 16.1. The van der Waals surface area contributed by atoms with Crippen LogP contribution in [-0.2, 0) is 23.8 Å². The summed E-state index contributed by atoms with van der Waals surface area (Å²) in [6.07, 6.45) is -1.79. The van der Waals surface area contributed by atoms with Crippen LogP contribution < -0.4 is 10.6 Å². The molecule has 186 valence electrons. The van der Waals surface area contributed by atoms with Crippen LogP contribution in [0.3, 0.4) is 0 Å². The van der Waals surface area contributed by atoms with Gasteiger partial charge in [-0.1, -0.05) is 48.5 Å². The molecular formula is C26H30N2O7. The quantitative estimate of drug-likeness (QED) is 0.502. The van der Waals surface area contributed by atoms with E-state index in [1.807, 2.05) is 36.4 Å². The zero-order valence-corrected chi connectivity index (χ0v) is 19.7. The monoisotopic (exact) mass is 482 g/mol. The van der Waals surface area contributed by atoms with Gasteiger partial charge in [0.1, 0.15) is 12.6 Å². The normalized spacial score (nSPS) is 20.4. The number of rotatable bonds is 9. The van der Waals surface area contributed by atoms with Crippen LogP contribution in [0.1, 0.15) is 30.4 Å². The van der Waals surface area contributed by atoms with Gasteiger partial charge in [0.05, 0.1) is 6.10 Å². The summed E-state index contributed by atoms with van der Waals surface area (Å²) in [5.41, 5.74) is 4.43. The summed E-state index contributed by atoms with van der Waals surface area (Å²) in [6.45, 7) is 2.23. The van der Waals surface area contributed by atoms with Gasteiger partial charge in [0.2, 0.25) is 5.91 Å². The van der Waals surface area contributed by atoms with E-state index >= 15 is 0 Å². The third-order valence-corrected chi connectivity index (χ3v) is 6.74. The summed E-state index contributed by atoms with van der Waals surface area (Å²) in [6, 6.07) is 15.0. The standard InChI is InChI=1S/C26H30N2O7/c1-15(33-2)22(24(29)27-13-16-11-12-34-23(16)25(30)31)28-26(32)35-14-21-19-9-5-3-7-17(19)18-8-4-6-10-20(18)21/h3-10,15-16,21-23H,11-14H2,1-2H3,(H,27,29)(H,28,32)(H,30,31)/t15-,16-,22+,23-/m1/s1. The molecule has 1 fully saturated rings. The molecule has 0 unspecified atom stereocenters. The van der Waals surface area contributed by atoms with Crippen LogP contribution in [-0.4, -0.2) is 68.2 Å². The van der Waals surface area contributed by atoms with E-state index in [9.17, 15) is 19.5 Å². The van der Waals surface area contributed by atoms with Gasteiger partial charge < -0.3 is 30.0 Å². The Balaban J connectivity index is 1.37. The number of alkyl carbamates (subject to hydrolysis) is 1. The van der Waals surface area contributed by atoms with Crippen LogP contribution in [0.4, 0.5) is 4.79 Å². The second-order valence-corrected chi connectivity index (χ2v) is 8.81. The van der Waals surface area contributed by atoms with Gasteiger partial charge in [-0.05, 0) is 35.6 Å². The van der Waals surface area contributed by atoms with E-state index in [0.29, 0.717) is 13.0 Å². The minimum Gasteiger partial charge on any atom is -0.479 e. The molecule has 9 heteroatoms. The Kier molecular flexibility index (Phi) is 7.67. The molecule has 1 aliphatic heterocycles. The summed E-state index contributed by atoms with van der Waals surface area (Å²) in [5, 5.41) is 14.6. The van der Waals surface area contributed by atoms with Crippen molar-refractivity contribution in [1.82, 2.24) is 10.6 Å². The predicted octanol–water partition coefficient (Wildman–Crippen LogP) is 2.53. The number of hydrogen-bond acceptors (Lipinski definition) is 6. The van der Waals surface area contributed by atoms with E-state index in [2.05, 4.69) is 22.8 Å². The Bertz CT molecular complexity index is 1040. The Morgan fingerprint density at radius 2 is 1.71 bits per heavy atom. The van der Waals surface area contributed by atoms with Crippen molar-refractivity contribution in [3.05, 3.63) is 59.7 Å². The van der Waals surface area contributed by atoms with Crippen molar-refractivity contribution >= 4 is 18.0 Å². The molecule has 0 aromatic heterocycles. The molecule has 9 nitrogen and oxygen atoms in total. The minimum absolute atomic E-state index is 0.101. The van der Waals surface area contributed by atoms with Gasteiger partial charge in [-0.3, -0.25) is 4.79 Å². The molecule has 2 aromatic rings. The number of carboxylic acid groups (broad SMARTS) is 1. The first-order chi connectivity index (χ1) is 16.9. The smallest absolute Gasteiger partial charge is 0.407 e. The lowest BCUT2D eigenvalue weighted by Crippen LogP contribution is -2.54. The lowest BCUT2D eigenvalue weighted by molar-refractivity contribution is -0.149. The summed E-state index contributed by atoms with van der Waals surface area (Å²) >= 11 is 0. The molecule has 0 saturated carbocycles. The van der Waals surface area contributed by atoms with Crippen molar-refractivity contribution in [1.29, 1.82) is 0 Å². The first-order valence-corrected chi connectivity index (χ1v) is 11.7. The van der Waals surface area contributed by atoms with Crippen molar-refractivity contribution in [2.75, 3.05) is 26.9 Å². The zero-order valence-electron chi connectivity index (χ0n) is 19.7. The Hall–Kier alpha value is -3.43. The van der Waals surface area contributed by atoms with E-state index < -0.39 is 36.2 Å². The molecule has 2 aliphatic rings. The molecule has 0 spiro atoms. The molecule has 0 bridgehead atoms. The number of carboxylic acids is 1. The molecule has 3 N–H and O–H groups in total. The Morgan fingerprint density at radius 3 is 2.31 bits per heavy atom. The maximum absolute atomic E-state index is 12.9. The van der Waals surface area contributed by atoms with Crippen LogP contribution in [0.25, 0.3) is 11.1 Å². The second-order valence-electron chi connectivity index (χ2n) is 8.81. The highest BCUT2D eigenvalue weighted by Gasteiger charge is 2.36. The molecule has 35 heavy (non-hydrogen) atoms. The number of nitrogens with one attached hydrogen (secondary N) is 2. The summed E-state index contributed by atoms with van der Waals surface area (Å²) in [7, 11) is 1.44. The van der Waals surface area contributed by atoms with Gasteiger partial charge in [0.15, 0.2) is 6.10 Å². The molecule has 2 aromatic carbocycles. The van der Waals surface area contributed by atoms with E-state index in [-0.39, 0.29) is 25.0 Å². The van der Waals surface area contributed by atoms with Crippen LogP contribution in [0.5, 0.6) is 0 Å². The fourth-order valence-corrected chi connectivity index (χ4v) is 4.76. The lowest BCUT2D eigenvalue weighted by atomic mass is 9.98. The number of carbonyl (C=O) groups is 3. The minimum atomic E-state index is -1.06. The molecule has 1 aliphatic carbocycles. The zero-order chi connectivity index (χ0) is 24.9. The second kappa shape index (κ2) is 10.9. The SMILES string of the molecule is CO[C@H](C)[C@H](NC(=O)OCC1c2ccccc2-c2ccccc21)C(=O)NC[C@H]1CCO[C@H]1C(=O)O. The first kappa shape index (κ1) is 24.7. The van der Waals surface area contributed by atoms with Gasteiger partial charge in [-0.25, -0.2) is 9.59 Å². The molecule has 1 saturated heterocycles. The van der Waals surface area contributed by atoms with Gasteiger partial charge in [-0.15, -0.1) is 0 Å². The molecular weight excluding hydrogens is 452 g/mol. The first-order valence-electron chi connectivity index (χ1n) is 11.7. The molecule has 4 atom stereocenters. The Morgan fingerprint density at radius 1 is 1.09 bits per heavy atom. The number of fused-ring (bicyclic) bond motifs is 3. The van der Waals surface area contributed by atoms with Gasteiger partial charge in [0, 0.05) is 32.1 Å². The number of hydrogen-bond donors (Lipinski definition) is 3. The van der Waals surface area contributed by atoms with Crippen molar-refractivity contribution in [3.8, 4) is 11.1 Å². The number of ether oxygens (including phenoxy) is 3. The van der Waals surface area contributed by atoms with Crippen molar-refractivity contribution in [2.45, 2.75) is 37.5 Å². The molecule has 2 amide bonds. The van der Waals surface area contributed by atoms with Gasteiger partial charge >= 0.3 is 12.1 Å². The highest BCUT2D eigenvalue weighted by atomic mass is 16.5. The maximum atomic E-state index is 12.9. The fourth-order valence-electron chi connectivity index (χ4n) is 4.76. The highest BCUT2D eigenvalue weighted by Crippen LogP contribution is 2.44. The van der Waals surface area contributed by atoms with Crippen LogP contribution in [0, 0.1) is 5.92 Å². The van der Waals surface area contributed by atoms with Crippen molar-refractivity contribution in [3.63, 3.8) is 0 Å². The Labute approximate surface area is 203 Å². The van der Waals surface area contributed by atoms with E-state index in [0.717, 1.165) is 22.3 Å². The predicted molar refractivity (Wildman–Crippen MR) is 127 cm³/mol. The van der Waals surface area contributed by atoms with Gasteiger partial charge in [-0.2, -0.15) is 0 Å². The molecule has 4 rings (SSSR count). The highest BCUT2D eigenvalue weighted by molar-refractivity contribution is 5.86. The maximum Gasteiger partial charge on any atom is 0.407 e. The topological polar surface area (TPSA) is 123 Å². The number of benzene rings is 2. The lowest BCUT2D eigenvalue weighted by Gasteiger charge is -2.24. The average Bonchev–Trinajstić information content (AvgIpc) is 3.47. The summed E-state index contributed by atoms with van der Waals surface area (Å²) in [4.78, 5) is 36.8. The largest absolute Gasteiger partial charge is 0.479 e. The molecule has 1 heterocycles. The third kappa shape index (κ3) is 5.31. The average molecular weight is 483 g/mol. The van der Waals surface area contributed by atoms with Crippen LogP contribution in [0.2, 0.25) is 0 Å². The van der Waals surface area contributed by atoms with E-state index in [4.69, 9.17) is 14.2 Å². The van der Waals surface area contributed by atoms with E-state index in [1.165, 1.54) is 7.11 Å². The van der Waals surface area contributed by atoms with Crippen molar-refractivity contribution < 1.29 is 33.7 Å². The summed E-state index contributed by atoms with van der Waals surface area (Å²) in [5.74, 6) is -1.98. The van der Waals surface area contributed by atoms with E-state index in [1.54, 1.807) is 6.92 Å². The molecule has 0 radical (unpaired) electrons. The number of amides is 2. The van der Waals surface area contributed by atoms with Crippen LogP contribution in [0.15, 0.2) is 48.5 Å².